The van der Waals surface area contributed by atoms with Crippen LogP contribution in [0.5, 0.6) is 0 Å². The van der Waals surface area contributed by atoms with Gasteiger partial charge in [0.1, 0.15) is 11.6 Å². The Balaban J connectivity index is 1.21. The maximum Gasteiger partial charge on any atom is 0.254 e. The molecule has 0 saturated carbocycles. The van der Waals surface area contributed by atoms with Crippen molar-refractivity contribution < 1.29 is 13.9 Å². The SMILES string of the molecule is Cc1cc(N2CCN(c3ccccc3F)CC2)nc(SCc2cccc(C(=O)N3CCOCC3)c2)n1. The molecule has 0 unspecified atom stereocenters. The van der Waals surface area contributed by atoms with Crippen LogP contribution in [0.15, 0.2) is 59.8 Å². The number of aromatic nitrogens is 2. The molecule has 9 heteroatoms. The van der Waals surface area contributed by atoms with Gasteiger partial charge in [0.05, 0.1) is 18.9 Å². The fourth-order valence-electron chi connectivity index (χ4n) is 4.53. The monoisotopic (exact) mass is 507 g/mol. The topological polar surface area (TPSA) is 61.8 Å². The standard InChI is InChI=1S/C27H30FN5O2S/c1-20-17-25(32-11-9-31(10-12-32)24-8-3-2-7-23(24)28)30-27(29-20)36-19-21-5-4-6-22(18-21)26(34)33-13-15-35-16-14-33/h2-8,17-18H,9-16,19H2,1H3. The molecular weight excluding hydrogens is 477 g/mol. The highest BCUT2D eigenvalue weighted by Gasteiger charge is 2.21. The van der Waals surface area contributed by atoms with E-state index in [4.69, 9.17) is 9.72 Å². The van der Waals surface area contributed by atoms with Crippen molar-refractivity contribution in [1.82, 2.24) is 14.9 Å². The third kappa shape index (κ3) is 5.79. The van der Waals surface area contributed by atoms with E-state index in [0.717, 1.165) is 43.3 Å². The number of piperazine rings is 1. The Morgan fingerprint density at radius 2 is 1.69 bits per heavy atom. The van der Waals surface area contributed by atoms with E-state index in [-0.39, 0.29) is 11.7 Å². The number of carbonyl (C=O) groups excluding carboxylic acids is 1. The number of rotatable bonds is 6. The normalized spacial score (nSPS) is 16.3. The summed E-state index contributed by atoms with van der Waals surface area (Å²) in [6, 6.07) is 16.7. The van der Waals surface area contributed by atoms with Gasteiger partial charge in [0.25, 0.3) is 5.91 Å². The van der Waals surface area contributed by atoms with Crippen molar-refractivity contribution in [2.75, 3.05) is 62.3 Å². The average molecular weight is 508 g/mol. The van der Waals surface area contributed by atoms with E-state index in [1.54, 1.807) is 17.8 Å². The highest BCUT2D eigenvalue weighted by molar-refractivity contribution is 7.98. The van der Waals surface area contributed by atoms with E-state index in [0.29, 0.717) is 48.5 Å². The molecule has 0 radical (unpaired) electrons. The molecule has 0 atom stereocenters. The van der Waals surface area contributed by atoms with Crippen LogP contribution < -0.4 is 9.80 Å². The van der Waals surface area contributed by atoms with Gasteiger partial charge in [-0.25, -0.2) is 14.4 Å². The Morgan fingerprint density at radius 1 is 0.944 bits per heavy atom. The number of anilines is 2. The van der Waals surface area contributed by atoms with E-state index in [2.05, 4.69) is 14.8 Å². The van der Waals surface area contributed by atoms with Gasteiger partial charge in [0.15, 0.2) is 5.16 Å². The van der Waals surface area contributed by atoms with E-state index in [1.165, 1.54) is 6.07 Å². The number of benzene rings is 2. The van der Waals surface area contributed by atoms with Gasteiger partial charge in [-0.2, -0.15) is 0 Å². The molecule has 36 heavy (non-hydrogen) atoms. The van der Waals surface area contributed by atoms with Crippen molar-refractivity contribution in [2.24, 2.45) is 0 Å². The fraction of sp³-hybridized carbons (Fsp3) is 0.370. The predicted molar refractivity (Wildman–Crippen MR) is 140 cm³/mol. The second kappa shape index (κ2) is 11.3. The number of aryl methyl sites for hydroxylation is 1. The second-order valence-electron chi connectivity index (χ2n) is 8.97. The first-order valence-electron chi connectivity index (χ1n) is 12.3. The van der Waals surface area contributed by atoms with Crippen molar-refractivity contribution in [3.63, 3.8) is 0 Å². The lowest BCUT2D eigenvalue weighted by molar-refractivity contribution is 0.0303. The molecule has 1 amide bonds. The number of nitrogens with zero attached hydrogens (tertiary/aromatic N) is 5. The van der Waals surface area contributed by atoms with E-state index in [9.17, 15) is 9.18 Å². The van der Waals surface area contributed by atoms with Crippen LogP contribution >= 0.6 is 11.8 Å². The maximum absolute atomic E-state index is 14.2. The number of hydrogen-bond donors (Lipinski definition) is 0. The van der Waals surface area contributed by atoms with Gasteiger partial charge >= 0.3 is 0 Å². The predicted octanol–water partition coefficient (Wildman–Crippen LogP) is 4.02. The van der Waals surface area contributed by atoms with Crippen molar-refractivity contribution in [2.45, 2.75) is 17.8 Å². The van der Waals surface area contributed by atoms with Crippen molar-refractivity contribution in [3.8, 4) is 0 Å². The molecule has 7 nitrogen and oxygen atoms in total. The van der Waals surface area contributed by atoms with E-state index < -0.39 is 0 Å². The van der Waals surface area contributed by atoms with Crippen LogP contribution in [0.3, 0.4) is 0 Å². The fourth-order valence-corrected chi connectivity index (χ4v) is 5.37. The number of amides is 1. The van der Waals surface area contributed by atoms with Crippen LogP contribution in [-0.2, 0) is 10.5 Å². The lowest BCUT2D eigenvalue weighted by Crippen LogP contribution is -2.47. The molecule has 2 fully saturated rings. The summed E-state index contributed by atoms with van der Waals surface area (Å²) in [5.74, 6) is 1.44. The Morgan fingerprint density at radius 3 is 2.47 bits per heavy atom. The summed E-state index contributed by atoms with van der Waals surface area (Å²) in [6.07, 6.45) is 0. The number of carbonyl (C=O) groups is 1. The molecule has 5 rings (SSSR count). The first kappa shape index (κ1) is 24.5. The summed E-state index contributed by atoms with van der Waals surface area (Å²) < 4.78 is 19.5. The largest absolute Gasteiger partial charge is 0.378 e. The Kier molecular flexibility index (Phi) is 7.67. The highest BCUT2D eigenvalue weighted by Crippen LogP contribution is 2.26. The summed E-state index contributed by atoms with van der Waals surface area (Å²) >= 11 is 1.57. The summed E-state index contributed by atoms with van der Waals surface area (Å²) in [7, 11) is 0. The summed E-state index contributed by atoms with van der Waals surface area (Å²) in [6.45, 7) is 7.41. The van der Waals surface area contributed by atoms with Crippen molar-refractivity contribution in [3.05, 3.63) is 77.2 Å². The molecule has 2 aliphatic rings. The Bertz CT molecular complexity index is 1210. The zero-order valence-electron chi connectivity index (χ0n) is 20.4. The molecule has 0 bridgehead atoms. The van der Waals surface area contributed by atoms with Crippen LogP contribution in [0.1, 0.15) is 21.6 Å². The van der Waals surface area contributed by atoms with Crippen LogP contribution in [0.25, 0.3) is 0 Å². The smallest absolute Gasteiger partial charge is 0.254 e. The third-order valence-corrected chi connectivity index (χ3v) is 7.38. The molecule has 3 heterocycles. The summed E-state index contributed by atoms with van der Waals surface area (Å²) in [4.78, 5) is 28.4. The number of morpholine rings is 1. The van der Waals surface area contributed by atoms with Gasteiger partial charge in [-0.15, -0.1) is 0 Å². The molecule has 1 aromatic heterocycles. The maximum atomic E-state index is 14.2. The lowest BCUT2D eigenvalue weighted by atomic mass is 10.1. The van der Waals surface area contributed by atoms with Crippen LogP contribution in [0, 0.1) is 12.7 Å². The van der Waals surface area contributed by atoms with Gasteiger partial charge in [-0.05, 0) is 36.8 Å². The Hall–Kier alpha value is -3.17. The first-order valence-corrected chi connectivity index (χ1v) is 13.2. The van der Waals surface area contributed by atoms with E-state index >= 15 is 0 Å². The quantitative estimate of drug-likeness (QED) is 0.369. The van der Waals surface area contributed by atoms with Gasteiger partial charge in [0, 0.05) is 62.3 Å². The molecule has 2 saturated heterocycles. The minimum atomic E-state index is -0.182. The Labute approximate surface area is 215 Å². The number of halogens is 1. The number of thioether (sulfide) groups is 1. The van der Waals surface area contributed by atoms with Gasteiger partial charge in [0.2, 0.25) is 0 Å². The molecule has 2 aliphatic heterocycles. The van der Waals surface area contributed by atoms with Crippen LogP contribution in [0.2, 0.25) is 0 Å². The number of hydrogen-bond acceptors (Lipinski definition) is 7. The second-order valence-corrected chi connectivity index (χ2v) is 9.91. The van der Waals surface area contributed by atoms with Crippen LogP contribution in [-0.4, -0.2) is 73.3 Å². The van der Waals surface area contributed by atoms with Crippen molar-refractivity contribution in [1.29, 1.82) is 0 Å². The van der Waals surface area contributed by atoms with Gasteiger partial charge < -0.3 is 19.4 Å². The average Bonchev–Trinajstić information content (AvgIpc) is 2.92. The highest BCUT2D eigenvalue weighted by atomic mass is 32.2. The molecule has 188 valence electrons. The lowest BCUT2D eigenvalue weighted by Gasteiger charge is -2.37. The zero-order chi connectivity index (χ0) is 24.9. The zero-order valence-corrected chi connectivity index (χ0v) is 21.2. The third-order valence-electron chi connectivity index (χ3n) is 6.46. The first-order chi connectivity index (χ1) is 17.6. The minimum absolute atomic E-state index is 0.0498. The van der Waals surface area contributed by atoms with Crippen LogP contribution in [0.4, 0.5) is 15.9 Å². The minimum Gasteiger partial charge on any atom is -0.378 e. The number of para-hydroxylation sites is 1. The molecule has 2 aromatic carbocycles. The van der Waals surface area contributed by atoms with Crippen molar-refractivity contribution >= 4 is 29.2 Å². The molecule has 3 aromatic rings. The molecule has 0 N–H and O–H groups in total. The molecule has 0 spiro atoms. The summed E-state index contributed by atoms with van der Waals surface area (Å²) in [5, 5.41) is 0.714. The molecule has 0 aliphatic carbocycles. The van der Waals surface area contributed by atoms with Gasteiger partial charge in [-0.1, -0.05) is 36.0 Å². The molecular formula is C27H30FN5O2S. The number of ether oxygens (including phenoxy) is 1. The van der Waals surface area contributed by atoms with E-state index in [1.807, 2.05) is 54.3 Å². The van der Waals surface area contributed by atoms with Gasteiger partial charge in [-0.3, -0.25) is 4.79 Å². The summed E-state index contributed by atoms with van der Waals surface area (Å²) in [5.41, 5.74) is 3.33.